The van der Waals surface area contributed by atoms with Gasteiger partial charge in [0, 0.05) is 57.6 Å². The van der Waals surface area contributed by atoms with E-state index in [0.717, 1.165) is 30.0 Å². The van der Waals surface area contributed by atoms with E-state index < -0.39 is 0 Å². The summed E-state index contributed by atoms with van der Waals surface area (Å²) < 4.78 is 1.43. The number of carbonyl (C=O) groups is 1. The van der Waals surface area contributed by atoms with E-state index >= 15 is 0 Å². The first kappa shape index (κ1) is 18.8. The van der Waals surface area contributed by atoms with Gasteiger partial charge in [-0.15, -0.1) is 0 Å². The van der Waals surface area contributed by atoms with Crippen LogP contribution in [0.1, 0.15) is 28.3 Å². The van der Waals surface area contributed by atoms with Crippen LogP contribution in [0, 0.1) is 13.8 Å². The van der Waals surface area contributed by atoms with Crippen molar-refractivity contribution in [3.05, 3.63) is 39.8 Å². The fraction of sp³-hybridized carbons (Fsp3) is 0.500. The van der Waals surface area contributed by atoms with Gasteiger partial charge in [-0.2, -0.15) is 0 Å². The molecule has 27 heavy (non-hydrogen) atoms. The predicted molar refractivity (Wildman–Crippen MR) is 103 cm³/mol. The molecule has 1 amide bonds. The molecule has 1 fully saturated rings. The number of rotatable bonds is 4. The zero-order valence-electron chi connectivity index (χ0n) is 16.4. The Hall–Kier alpha value is -2.97. The molecule has 1 saturated heterocycles. The lowest BCUT2D eigenvalue weighted by atomic mass is 10.2. The second kappa shape index (κ2) is 7.34. The summed E-state index contributed by atoms with van der Waals surface area (Å²) in [6.07, 6.45) is 2.39. The van der Waals surface area contributed by atoms with Gasteiger partial charge < -0.3 is 19.7 Å². The highest BCUT2D eigenvalue weighted by Gasteiger charge is 2.27. The van der Waals surface area contributed by atoms with Gasteiger partial charge in [0.05, 0.1) is 6.33 Å². The first-order chi connectivity index (χ1) is 12.8. The highest BCUT2D eigenvalue weighted by Crippen LogP contribution is 2.25. The molecule has 0 unspecified atom stereocenters. The van der Waals surface area contributed by atoms with Gasteiger partial charge in [0.2, 0.25) is 5.82 Å². The fourth-order valence-electron chi connectivity index (χ4n) is 3.04. The topological polar surface area (TPSA) is 96.3 Å². The Morgan fingerprint density at radius 1 is 1.30 bits per heavy atom. The summed E-state index contributed by atoms with van der Waals surface area (Å²) in [6.45, 7) is 5.37. The number of aryl methyl sites for hydroxylation is 2. The zero-order valence-corrected chi connectivity index (χ0v) is 16.4. The van der Waals surface area contributed by atoms with Crippen molar-refractivity contribution in [2.75, 3.05) is 37.4 Å². The van der Waals surface area contributed by atoms with E-state index in [2.05, 4.69) is 25.2 Å². The van der Waals surface area contributed by atoms with Gasteiger partial charge in [-0.05, 0) is 20.3 Å². The van der Waals surface area contributed by atoms with Gasteiger partial charge in [0.25, 0.3) is 11.5 Å². The molecule has 2 aromatic heterocycles. The van der Waals surface area contributed by atoms with E-state index in [9.17, 15) is 9.59 Å². The Labute approximate surface area is 158 Å². The normalized spacial score (nSPS) is 16.5. The molecular formula is C18H25N7O2. The van der Waals surface area contributed by atoms with Crippen molar-refractivity contribution in [1.29, 1.82) is 0 Å². The van der Waals surface area contributed by atoms with E-state index in [1.165, 1.54) is 21.9 Å². The van der Waals surface area contributed by atoms with Crippen LogP contribution in [0.15, 0.2) is 17.2 Å². The average Bonchev–Trinajstić information content (AvgIpc) is 3.08. The molecule has 0 radical (unpaired) electrons. The van der Waals surface area contributed by atoms with E-state index in [-0.39, 0.29) is 23.3 Å². The smallest absolute Gasteiger partial charge is 0.291 e. The molecule has 9 heteroatoms. The third-order valence-corrected chi connectivity index (χ3v) is 4.78. The molecule has 1 atom stereocenters. The third-order valence-electron chi connectivity index (χ3n) is 4.78. The molecule has 3 heterocycles. The number of carbonyl (C=O) groups excluding carboxylic acids is 1. The van der Waals surface area contributed by atoms with Crippen molar-refractivity contribution in [1.82, 2.24) is 24.4 Å². The number of aromatic nitrogens is 4. The highest BCUT2D eigenvalue weighted by molar-refractivity contribution is 5.90. The number of hydrogen-bond acceptors (Lipinski definition) is 7. The van der Waals surface area contributed by atoms with Crippen LogP contribution >= 0.6 is 0 Å². The number of nitrogens with one attached hydrogen (secondary N) is 1. The minimum absolute atomic E-state index is 0.100. The van der Waals surface area contributed by atoms with Gasteiger partial charge in [-0.25, -0.2) is 15.0 Å². The van der Waals surface area contributed by atoms with Crippen LogP contribution in [-0.4, -0.2) is 63.6 Å². The number of amides is 1. The number of anilines is 2. The van der Waals surface area contributed by atoms with Crippen molar-refractivity contribution < 1.29 is 4.79 Å². The quantitative estimate of drug-likeness (QED) is 0.840. The molecule has 0 bridgehead atoms. The van der Waals surface area contributed by atoms with Crippen LogP contribution in [0.4, 0.5) is 11.6 Å². The van der Waals surface area contributed by atoms with Gasteiger partial charge in [0.15, 0.2) is 0 Å². The Morgan fingerprint density at radius 2 is 2.04 bits per heavy atom. The summed E-state index contributed by atoms with van der Waals surface area (Å²) in [4.78, 5) is 40.8. The maximum absolute atomic E-state index is 12.3. The van der Waals surface area contributed by atoms with Crippen LogP contribution < -0.4 is 15.8 Å². The van der Waals surface area contributed by atoms with Crippen molar-refractivity contribution >= 4 is 17.5 Å². The largest absolute Gasteiger partial charge is 0.365 e. The van der Waals surface area contributed by atoms with Gasteiger partial charge in [-0.3, -0.25) is 9.59 Å². The fourth-order valence-corrected chi connectivity index (χ4v) is 3.04. The Balaban J connectivity index is 1.79. The maximum Gasteiger partial charge on any atom is 0.291 e. The first-order valence-corrected chi connectivity index (χ1v) is 8.87. The van der Waals surface area contributed by atoms with Crippen LogP contribution in [0.25, 0.3) is 0 Å². The standard InChI is InChI=1S/C18H25N7O2/c1-11-12(2)20-16(18(27)23(3)4)22-17(11)25-7-6-13(9-25)21-14-8-15(26)24(5)10-19-14/h8,10,13,21H,6-7,9H2,1-5H3/t13-/m1/s1. The lowest BCUT2D eigenvalue weighted by Crippen LogP contribution is -2.30. The minimum atomic E-state index is -0.211. The molecule has 9 nitrogen and oxygen atoms in total. The summed E-state index contributed by atoms with van der Waals surface area (Å²) in [5.41, 5.74) is 1.67. The monoisotopic (exact) mass is 371 g/mol. The Morgan fingerprint density at radius 3 is 2.70 bits per heavy atom. The van der Waals surface area contributed by atoms with Crippen molar-refractivity contribution in [3.8, 4) is 0 Å². The first-order valence-electron chi connectivity index (χ1n) is 8.87. The molecule has 1 aliphatic rings. The molecule has 0 aromatic carbocycles. The van der Waals surface area contributed by atoms with Crippen molar-refractivity contribution in [2.45, 2.75) is 26.3 Å². The summed E-state index contributed by atoms with van der Waals surface area (Å²) in [5, 5.41) is 3.31. The summed E-state index contributed by atoms with van der Waals surface area (Å²) in [6, 6.07) is 1.64. The van der Waals surface area contributed by atoms with Gasteiger partial charge >= 0.3 is 0 Å². The summed E-state index contributed by atoms with van der Waals surface area (Å²) in [5.74, 6) is 1.36. The SMILES string of the molecule is Cc1nc(C(=O)N(C)C)nc(N2CC[C@@H](Nc3cc(=O)n(C)cn3)C2)c1C. The maximum atomic E-state index is 12.3. The second-order valence-electron chi connectivity index (χ2n) is 7.08. The van der Waals surface area contributed by atoms with Crippen LogP contribution in [0.2, 0.25) is 0 Å². The Bertz CT molecular complexity index is 922. The van der Waals surface area contributed by atoms with E-state index in [0.29, 0.717) is 12.4 Å². The minimum Gasteiger partial charge on any atom is -0.365 e. The van der Waals surface area contributed by atoms with E-state index in [1.807, 2.05) is 13.8 Å². The molecule has 0 spiro atoms. The zero-order chi connectivity index (χ0) is 19.7. The lowest BCUT2D eigenvalue weighted by molar-refractivity contribution is 0.0815. The number of hydrogen-bond donors (Lipinski definition) is 1. The highest BCUT2D eigenvalue weighted by atomic mass is 16.2. The van der Waals surface area contributed by atoms with Gasteiger partial charge in [-0.1, -0.05) is 0 Å². The molecule has 0 saturated carbocycles. The average molecular weight is 371 g/mol. The second-order valence-corrected chi connectivity index (χ2v) is 7.08. The molecule has 144 valence electrons. The number of nitrogens with zero attached hydrogens (tertiary/aromatic N) is 6. The van der Waals surface area contributed by atoms with Crippen molar-refractivity contribution in [3.63, 3.8) is 0 Å². The third kappa shape index (κ3) is 3.91. The molecule has 3 rings (SSSR count). The van der Waals surface area contributed by atoms with Crippen molar-refractivity contribution in [2.24, 2.45) is 7.05 Å². The van der Waals surface area contributed by atoms with Crippen LogP contribution in [0.3, 0.4) is 0 Å². The molecule has 1 N–H and O–H groups in total. The predicted octanol–water partition coefficient (Wildman–Crippen LogP) is 0.580. The van der Waals surface area contributed by atoms with Crippen LogP contribution in [0.5, 0.6) is 0 Å². The van der Waals surface area contributed by atoms with E-state index in [1.54, 1.807) is 21.1 Å². The van der Waals surface area contributed by atoms with Gasteiger partial charge in [0.1, 0.15) is 11.6 Å². The Kier molecular flexibility index (Phi) is 5.11. The molecular weight excluding hydrogens is 346 g/mol. The van der Waals surface area contributed by atoms with Crippen LogP contribution in [-0.2, 0) is 7.05 Å². The summed E-state index contributed by atoms with van der Waals surface area (Å²) in [7, 11) is 5.05. The lowest BCUT2D eigenvalue weighted by Gasteiger charge is -2.22. The molecule has 1 aliphatic heterocycles. The van der Waals surface area contributed by atoms with E-state index in [4.69, 9.17) is 0 Å². The summed E-state index contributed by atoms with van der Waals surface area (Å²) >= 11 is 0. The molecule has 0 aliphatic carbocycles. The molecule has 2 aromatic rings.